The zero-order valence-corrected chi connectivity index (χ0v) is 13.8. The Bertz CT molecular complexity index is 632. The predicted octanol–water partition coefficient (Wildman–Crippen LogP) is 4.66. The van der Waals surface area contributed by atoms with Gasteiger partial charge in [0.15, 0.2) is 5.11 Å². The molecule has 0 amide bonds. The summed E-state index contributed by atoms with van der Waals surface area (Å²) in [5.41, 5.74) is 6.07. The third kappa shape index (κ3) is 4.30. The van der Waals surface area contributed by atoms with E-state index in [4.69, 9.17) is 12.2 Å². The summed E-state index contributed by atoms with van der Waals surface area (Å²) in [6, 6.07) is 14.9. The Morgan fingerprint density at radius 3 is 2.24 bits per heavy atom. The number of nitrogens with one attached hydrogen (secondary N) is 2. The normalized spacial score (nSPS) is 11.8. The summed E-state index contributed by atoms with van der Waals surface area (Å²) in [7, 11) is 0. The highest BCUT2D eigenvalue weighted by atomic mass is 32.1. The molecule has 0 aliphatic rings. The van der Waals surface area contributed by atoms with E-state index in [-0.39, 0.29) is 6.04 Å². The Balaban J connectivity index is 2.01. The maximum absolute atomic E-state index is 5.40. The van der Waals surface area contributed by atoms with E-state index < -0.39 is 0 Å². The van der Waals surface area contributed by atoms with E-state index in [1.165, 1.54) is 22.3 Å². The molecule has 0 aliphatic carbocycles. The molecular formula is C18H22N2S. The number of anilines is 1. The van der Waals surface area contributed by atoms with E-state index in [1.807, 2.05) is 12.1 Å². The molecule has 0 heterocycles. The van der Waals surface area contributed by atoms with Crippen LogP contribution in [0.4, 0.5) is 5.69 Å². The summed E-state index contributed by atoms with van der Waals surface area (Å²) in [6.07, 6.45) is 0. The molecular weight excluding hydrogens is 276 g/mol. The number of benzene rings is 2. The van der Waals surface area contributed by atoms with Gasteiger partial charge in [-0.05, 0) is 63.2 Å². The molecule has 0 saturated carbocycles. The third-order valence-corrected chi connectivity index (χ3v) is 3.78. The second-order valence-electron chi connectivity index (χ2n) is 5.55. The number of hydrogen-bond acceptors (Lipinski definition) is 1. The van der Waals surface area contributed by atoms with Gasteiger partial charge in [0.2, 0.25) is 0 Å². The smallest absolute Gasteiger partial charge is 0.171 e. The molecule has 0 aliphatic heterocycles. The van der Waals surface area contributed by atoms with Crippen molar-refractivity contribution in [2.45, 2.75) is 33.7 Å². The maximum Gasteiger partial charge on any atom is 0.171 e. The summed E-state index contributed by atoms with van der Waals surface area (Å²) in [5.74, 6) is 0. The molecule has 0 unspecified atom stereocenters. The number of hydrogen-bond donors (Lipinski definition) is 2. The standard InChI is InChI=1S/C18H22N2S/c1-12-6-9-16(10-7-12)20-18(21)19-15(4)17-11-13(2)5-8-14(17)3/h5-11,15H,1-4H3,(H2,19,20,21)/t15-/m1/s1. The van der Waals surface area contributed by atoms with Gasteiger partial charge in [0.05, 0.1) is 6.04 Å². The van der Waals surface area contributed by atoms with Gasteiger partial charge >= 0.3 is 0 Å². The Morgan fingerprint density at radius 2 is 1.57 bits per heavy atom. The molecule has 0 radical (unpaired) electrons. The molecule has 2 aromatic rings. The number of aryl methyl sites for hydroxylation is 3. The largest absolute Gasteiger partial charge is 0.356 e. The highest BCUT2D eigenvalue weighted by Crippen LogP contribution is 2.19. The van der Waals surface area contributed by atoms with Crippen molar-refractivity contribution >= 4 is 23.0 Å². The van der Waals surface area contributed by atoms with Crippen LogP contribution in [-0.2, 0) is 0 Å². The van der Waals surface area contributed by atoms with Gasteiger partial charge in [-0.1, -0.05) is 41.5 Å². The van der Waals surface area contributed by atoms with E-state index in [1.54, 1.807) is 0 Å². The van der Waals surface area contributed by atoms with Crippen LogP contribution in [0.1, 0.15) is 35.2 Å². The van der Waals surface area contributed by atoms with Gasteiger partial charge in [0, 0.05) is 5.69 Å². The van der Waals surface area contributed by atoms with Gasteiger partial charge in [0.25, 0.3) is 0 Å². The molecule has 0 spiro atoms. The van der Waals surface area contributed by atoms with Crippen LogP contribution in [0, 0.1) is 20.8 Å². The summed E-state index contributed by atoms with van der Waals surface area (Å²) in [5, 5.41) is 7.22. The molecule has 3 heteroatoms. The Labute approximate surface area is 132 Å². The fourth-order valence-electron chi connectivity index (χ4n) is 2.30. The fourth-order valence-corrected chi connectivity index (χ4v) is 2.60. The lowest BCUT2D eigenvalue weighted by molar-refractivity contribution is 0.716. The monoisotopic (exact) mass is 298 g/mol. The van der Waals surface area contributed by atoms with Crippen LogP contribution < -0.4 is 10.6 Å². The van der Waals surface area contributed by atoms with Crippen molar-refractivity contribution < 1.29 is 0 Å². The lowest BCUT2D eigenvalue weighted by Gasteiger charge is -2.19. The average Bonchev–Trinajstić information content (AvgIpc) is 2.44. The first-order valence-corrected chi connectivity index (χ1v) is 7.58. The molecule has 0 saturated heterocycles. The Hall–Kier alpha value is -1.87. The van der Waals surface area contributed by atoms with Crippen LogP contribution in [0.25, 0.3) is 0 Å². The summed E-state index contributed by atoms with van der Waals surface area (Å²) < 4.78 is 0. The van der Waals surface area contributed by atoms with E-state index in [9.17, 15) is 0 Å². The summed E-state index contributed by atoms with van der Waals surface area (Å²) in [6.45, 7) is 8.44. The van der Waals surface area contributed by atoms with Crippen molar-refractivity contribution in [2.24, 2.45) is 0 Å². The third-order valence-electron chi connectivity index (χ3n) is 3.56. The van der Waals surface area contributed by atoms with Gasteiger partial charge in [-0.3, -0.25) is 0 Å². The van der Waals surface area contributed by atoms with Crippen LogP contribution in [0.5, 0.6) is 0 Å². The first kappa shape index (κ1) is 15.5. The van der Waals surface area contributed by atoms with Crippen molar-refractivity contribution in [3.8, 4) is 0 Å². The first-order chi connectivity index (χ1) is 9.95. The molecule has 2 aromatic carbocycles. The van der Waals surface area contributed by atoms with E-state index in [2.05, 4.69) is 68.7 Å². The van der Waals surface area contributed by atoms with Crippen molar-refractivity contribution in [3.63, 3.8) is 0 Å². The van der Waals surface area contributed by atoms with Gasteiger partial charge in [-0.15, -0.1) is 0 Å². The highest BCUT2D eigenvalue weighted by Gasteiger charge is 2.10. The molecule has 1 atom stereocenters. The van der Waals surface area contributed by atoms with Crippen LogP contribution in [0.2, 0.25) is 0 Å². The van der Waals surface area contributed by atoms with Crippen LogP contribution >= 0.6 is 12.2 Å². The van der Waals surface area contributed by atoms with E-state index in [0.717, 1.165) is 5.69 Å². The SMILES string of the molecule is Cc1ccc(NC(=S)N[C@H](C)c2cc(C)ccc2C)cc1. The van der Waals surface area contributed by atoms with E-state index >= 15 is 0 Å². The number of rotatable bonds is 3. The van der Waals surface area contributed by atoms with Crippen molar-refractivity contribution in [2.75, 3.05) is 5.32 Å². The van der Waals surface area contributed by atoms with Crippen molar-refractivity contribution in [1.29, 1.82) is 0 Å². The maximum atomic E-state index is 5.40. The van der Waals surface area contributed by atoms with Gasteiger partial charge in [-0.2, -0.15) is 0 Å². The lowest BCUT2D eigenvalue weighted by atomic mass is 10.0. The van der Waals surface area contributed by atoms with Gasteiger partial charge in [0.1, 0.15) is 0 Å². The molecule has 2 nitrogen and oxygen atoms in total. The molecule has 0 fully saturated rings. The zero-order chi connectivity index (χ0) is 15.4. The molecule has 2 rings (SSSR count). The molecule has 21 heavy (non-hydrogen) atoms. The number of thiocarbonyl (C=S) groups is 1. The minimum Gasteiger partial charge on any atom is -0.356 e. The molecule has 0 aromatic heterocycles. The summed E-state index contributed by atoms with van der Waals surface area (Å²) in [4.78, 5) is 0. The van der Waals surface area contributed by atoms with Crippen LogP contribution in [0.3, 0.4) is 0 Å². The quantitative estimate of drug-likeness (QED) is 0.806. The Kier molecular flexibility index (Phi) is 4.97. The van der Waals surface area contributed by atoms with Gasteiger partial charge in [-0.25, -0.2) is 0 Å². The predicted molar refractivity (Wildman–Crippen MR) is 94.9 cm³/mol. The average molecular weight is 298 g/mol. The highest BCUT2D eigenvalue weighted by molar-refractivity contribution is 7.80. The molecule has 2 N–H and O–H groups in total. The molecule has 0 bridgehead atoms. The second kappa shape index (κ2) is 6.72. The second-order valence-corrected chi connectivity index (χ2v) is 5.95. The topological polar surface area (TPSA) is 24.1 Å². The fraction of sp³-hybridized carbons (Fsp3) is 0.278. The zero-order valence-electron chi connectivity index (χ0n) is 13.0. The summed E-state index contributed by atoms with van der Waals surface area (Å²) >= 11 is 5.40. The lowest BCUT2D eigenvalue weighted by Crippen LogP contribution is -2.31. The van der Waals surface area contributed by atoms with Crippen LogP contribution in [-0.4, -0.2) is 5.11 Å². The van der Waals surface area contributed by atoms with Gasteiger partial charge < -0.3 is 10.6 Å². The Morgan fingerprint density at radius 1 is 0.952 bits per heavy atom. The van der Waals surface area contributed by atoms with Crippen LogP contribution in [0.15, 0.2) is 42.5 Å². The van der Waals surface area contributed by atoms with E-state index in [0.29, 0.717) is 5.11 Å². The minimum atomic E-state index is 0.176. The van der Waals surface area contributed by atoms with Crippen molar-refractivity contribution in [3.05, 3.63) is 64.7 Å². The first-order valence-electron chi connectivity index (χ1n) is 7.17. The van der Waals surface area contributed by atoms with Crippen molar-refractivity contribution in [1.82, 2.24) is 5.32 Å². The molecule has 110 valence electrons. The minimum absolute atomic E-state index is 0.176.